The van der Waals surface area contributed by atoms with E-state index in [1.54, 1.807) is 20.8 Å². The van der Waals surface area contributed by atoms with Crippen LogP contribution in [0.1, 0.15) is 20.8 Å². The molecule has 1 aromatic heterocycles. The largest absolute Gasteiger partial charge is 0.323 e. The maximum Gasteiger partial charge on any atom is 0.229 e. The summed E-state index contributed by atoms with van der Waals surface area (Å²) >= 11 is 0. The number of carbonyl (C=O) groups excluding carboxylic acids is 1. The van der Waals surface area contributed by atoms with E-state index in [4.69, 9.17) is 0 Å². The zero-order chi connectivity index (χ0) is 10.8. The second-order valence-corrected chi connectivity index (χ2v) is 4.06. The van der Waals surface area contributed by atoms with Crippen LogP contribution in [0.3, 0.4) is 0 Å². The van der Waals surface area contributed by atoms with Gasteiger partial charge in [-0.2, -0.15) is 0 Å². The Hall–Kier alpha value is -1.45. The number of nitrogens with one attached hydrogen (secondary N) is 1. The van der Waals surface area contributed by atoms with Gasteiger partial charge in [-0.3, -0.25) is 9.78 Å². The molecule has 0 aliphatic carbocycles. The highest BCUT2D eigenvalue weighted by Crippen LogP contribution is 2.18. The molecule has 0 aliphatic heterocycles. The summed E-state index contributed by atoms with van der Waals surface area (Å²) in [5, 5.41) is 2.50. The highest BCUT2D eigenvalue weighted by molar-refractivity contribution is 5.94. The Morgan fingerprint density at radius 3 is 2.64 bits per heavy atom. The van der Waals surface area contributed by atoms with Crippen molar-refractivity contribution < 1.29 is 9.18 Å². The molecule has 1 aromatic rings. The SMILES string of the molecule is CC(C)(C)C(=O)Nc1ccncc1F. The van der Waals surface area contributed by atoms with Gasteiger partial charge in [0.1, 0.15) is 0 Å². The molecule has 0 bridgehead atoms. The van der Waals surface area contributed by atoms with Gasteiger partial charge in [-0.05, 0) is 6.07 Å². The topological polar surface area (TPSA) is 42.0 Å². The molecule has 0 saturated carbocycles. The Bertz CT molecular complexity index is 344. The molecule has 4 heteroatoms. The monoisotopic (exact) mass is 196 g/mol. The molecule has 0 saturated heterocycles. The Morgan fingerprint density at radius 1 is 1.50 bits per heavy atom. The second-order valence-electron chi connectivity index (χ2n) is 4.06. The predicted molar refractivity (Wildman–Crippen MR) is 52.3 cm³/mol. The fourth-order valence-corrected chi connectivity index (χ4v) is 0.786. The Morgan fingerprint density at radius 2 is 2.14 bits per heavy atom. The standard InChI is InChI=1S/C10H13FN2O/c1-10(2,3)9(14)13-8-4-5-12-6-7(8)11/h4-6H,1-3H3,(H,12,13,14). The number of pyridine rings is 1. The van der Waals surface area contributed by atoms with Crippen molar-refractivity contribution in [1.82, 2.24) is 4.98 Å². The highest BCUT2D eigenvalue weighted by atomic mass is 19.1. The zero-order valence-electron chi connectivity index (χ0n) is 8.47. The summed E-state index contributed by atoms with van der Waals surface area (Å²) in [7, 11) is 0. The quantitative estimate of drug-likeness (QED) is 0.748. The van der Waals surface area contributed by atoms with Crippen LogP contribution in [0.15, 0.2) is 18.5 Å². The molecule has 0 radical (unpaired) electrons. The Kier molecular flexibility index (Phi) is 2.84. The third-order valence-corrected chi connectivity index (χ3v) is 1.70. The van der Waals surface area contributed by atoms with Gasteiger partial charge in [-0.15, -0.1) is 0 Å². The van der Waals surface area contributed by atoms with Gasteiger partial charge in [0.2, 0.25) is 5.91 Å². The van der Waals surface area contributed by atoms with Gasteiger partial charge in [0.15, 0.2) is 5.82 Å². The minimum Gasteiger partial charge on any atom is -0.323 e. The zero-order valence-corrected chi connectivity index (χ0v) is 8.47. The number of aromatic nitrogens is 1. The summed E-state index contributed by atoms with van der Waals surface area (Å²) in [6.45, 7) is 5.30. The summed E-state index contributed by atoms with van der Waals surface area (Å²) in [4.78, 5) is 15.1. The van der Waals surface area contributed by atoms with E-state index < -0.39 is 11.2 Å². The minimum absolute atomic E-state index is 0.167. The molecule has 0 spiro atoms. The lowest BCUT2D eigenvalue weighted by molar-refractivity contribution is -0.123. The third kappa shape index (κ3) is 2.52. The maximum absolute atomic E-state index is 13.1. The van der Waals surface area contributed by atoms with Crippen LogP contribution in [0.25, 0.3) is 0 Å². The van der Waals surface area contributed by atoms with Crippen molar-refractivity contribution in [3.05, 3.63) is 24.3 Å². The van der Waals surface area contributed by atoms with Crippen LogP contribution < -0.4 is 5.32 Å². The van der Waals surface area contributed by atoms with Crippen molar-refractivity contribution in [3.8, 4) is 0 Å². The van der Waals surface area contributed by atoms with Crippen LogP contribution >= 0.6 is 0 Å². The molecule has 14 heavy (non-hydrogen) atoms. The number of rotatable bonds is 1. The first-order valence-electron chi connectivity index (χ1n) is 4.32. The first-order valence-corrected chi connectivity index (χ1v) is 4.32. The molecule has 1 amide bonds. The van der Waals surface area contributed by atoms with Crippen molar-refractivity contribution in [2.24, 2.45) is 5.41 Å². The molecule has 1 N–H and O–H groups in total. The summed E-state index contributed by atoms with van der Waals surface area (Å²) in [5.74, 6) is -0.743. The smallest absolute Gasteiger partial charge is 0.229 e. The molecule has 1 heterocycles. The van der Waals surface area contributed by atoms with Crippen LogP contribution in [-0.4, -0.2) is 10.9 Å². The highest BCUT2D eigenvalue weighted by Gasteiger charge is 2.21. The van der Waals surface area contributed by atoms with Crippen molar-refractivity contribution in [3.63, 3.8) is 0 Å². The van der Waals surface area contributed by atoms with Crippen LogP contribution in [0.4, 0.5) is 10.1 Å². The van der Waals surface area contributed by atoms with Crippen LogP contribution in [0.5, 0.6) is 0 Å². The van der Waals surface area contributed by atoms with Crippen molar-refractivity contribution in [2.75, 3.05) is 5.32 Å². The first-order chi connectivity index (χ1) is 6.41. The van der Waals surface area contributed by atoms with Gasteiger partial charge in [0, 0.05) is 11.6 Å². The third-order valence-electron chi connectivity index (χ3n) is 1.70. The second kappa shape index (κ2) is 3.74. The lowest BCUT2D eigenvalue weighted by Crippen LogP contribution is -2.28. The van der Waals surface area contributed by atoms with Crippen molar-refractivity contribution in [1.29, 1.82) is 0 Å². The summed E-state index contributed by atoms with van der Waals surface area (Å²) in [5.41, 5.74) is -0.365. The molecule has 0 atom stereocenters. The maximum atomic E-state index is 13.1. The first kappa shape index (κ1) is 10.6. The lowest BCUT2D eigenvalue weighted by atomic mass is 9.95. The van der Waals surface area contributed by atoms with Gasteiger partial charge in [0.05, 0.1) is 11.9 Å². The number of nitrogens with zero attached hydrogens (tertiary/aromatic N) is 1. The van der Waals surface area contributed by atoms with E-state index in [0.717, 1.165) is 6.20 Å². The Balaban J connectivity index is 2.80. The number of anilines is 1. The number of hydrogen-bond donors (Lipinski definition) is 1. The molecule has 1 rings (SSSR count). The summed E-state index contributed by atoms with van der Waals surface area (Å²) in [6.07, 6.45) is 2.50. The van der Waals surface area contributed by atoms with E-state index in [0.29, 0.717) is 0 Å². The van der Waals surface area contributed by atoms with Gasteiger partial charge >= 0.3 is 0 Å². The van der Waals surface area contributed by atoms with Crippen molar-refractivity contribution in [2.45, 2.75) is 20.8 Å². The average Bonchev–Trinajstić information content (AvgIpc) is 2.07. The van der Waals surface area contributed by atoms with Gasteiger partial charge in [-0.25, -0.2) is 4.39 Å². The number of hydrogen-bond acceptors (Lipinski definition) is 2. The van der Waals surface area contributed by atoms with Crippen molar-refractivity contribution >= 4 is 11.6 Å². The molecule has 0 fully saturated rings. The van der Waals surface area contributed by atoms with E-state index in [1.165, 1.54) is 12.3 Å². The predicted octanol–water partition coefficient (Wildman–Crippen LogP) is 2.21. The van der Waals surface area contributed by atoms with E-state index in [-0.39, 0.29) is 11.6 Å². The minimum atomic E-state index is -0.532. The normalized spacial score (nSPS) is 11.1. The molecule has 0 aromatic carbocycles. The summed E-state index contributed by atoms with van der Waals surface area (Å²) in [6, 6.07) is 1.43. The number of halogens is 1. The molecule has 0 aliphatic rings. The average molecular weight is 196 g/mol. The van der Waals surface area contributed by atoms with Gasteiger partial charge in [0.25, 0.3) is 0 Å². The van der Waals surface area contributed by atoms with E-state index >= 15 is 0 Å². The molecular formula is C10H13FN2O. The Labute approximate surface area is 82.4 Å². The van der Waals surface area contributed by atoms with Crippen LogP contribution in [-0.2, 0) is 4.79 Å². The van der Waals surface area contributed by atoms with E-state index in [1.807, 2.05) is 0 Å². The molecule has 76 valence electrons. The summed E-state index contributed by atoms with van der Waals surface area (Å²) < 4.78 is 13.1. The van der Waals surface area contributed by atoms with E-state index in [9.17, 15) is 9.18 Å². The van der Waals surface area contributed by atoms with Crippen LogP contribution in [0.2, 0.25) is 0 Å². The molecular weight excluding hydrogens is 183 g/mol. The number of amides is 1. The van der Waals surface area contributed by atoms with Crippen LogP contribution in [0, 0.1) is 11.2 Å². The fourth-order valence-electron chi connectivity index (χ4n) is 0.786. The fraction of sp³-hybridized carbons (Fsp3) is 0.400. The molecule has 3 nitrogen and oxygen atoms in total. The number of carbonyl (C=O) groups is 1. The lowest BCUT2D eigenvalue weighted by Gasteiger charge is -2.17. The van der Waals surface area contributed by atoms with Gasteiger partial charge < -0.3 is 5.32 Å². The van der Waals surface area contributed by atoms with Gasteiger partial charge in [-0.1, -0.05) is 20.8 Å². The van der Waals surface area contributed by atoms with E-state index in [2.05, 4.69) is 10.3 Å². The molecule has 0 unspecified atom stereocenters.